The summed E-state index contributed by atoms with van der Waals surface area (Å²) in [5, 5.41) is 0. The molecule has 2 saturated heterocycles. The average molecular weight is 533 g/mol. The SMILES string of the molecule is CN1CCN(C(=O)C[C@@H]2CCN3C[C@@H]2C=CCOc2ccccc2CN(C(=O)c2cnccn2)CC3=O)CC1. The van der Waals surface area contributed by atoms with Gasteiger partial charge in [0.2, 0.25) is 11.8 Å². The van der Waals surface area contributed by atoms with Crippen LogP contribution in [0.25, 0.3) is 0 Å². The van der Waals surface area contributed by atoms with Crippen LogP contribution in [-0.2, 0) is 16.1 Å². The number of amides is 3. The van der Waals surface area contributed by atoms with E-state index in [9.17, 15) is 14.4 Å². The van der Waals surface area contributed by atoms with Gasteiger partial charge < -0.3 is 24.3 Å². The lowest BCUT2D eigenvalue weighted by Crippen LogP contribution is -2.50. The first-order valence-electron chi connectivity index (χ1n) is 13.6. The Hall–Kier alpha value is -3.79. The number of rotatable bonds is 3. The number of para-hydroxylation sites is 1. The summed E-state index contributed by atoms with van der Waals surface area (Å²) >= 11 is 0. The van der Waals surface area contributed by atoms with E-state index in [-0.39, 0.29) is 48.3 Å². The monoisotopic (exact) mass is 532 g/mol. The van der Waals surface area contributed by atoms with E-state index in [1.165, 1.54) is 23.5 Å². The molecule has 0 radical (unpaired) electrons. The van der Waals surface area contributed by atoms with Gasteiger partial charge in [0.15, 0.2) is 0 Å². The predicted molar refractivity (Wildman–Crippen MR) is 145 cm³/mol. The molecule has 0 aliphatic carbocycles. The molecule has 3 amide bonds. The third-order valence-corrected chi connectivity index (χ3v) is 7.90. The Labute approximate surface area is 229 Å². The minimum Gasteiger partial charge on any atom is -0.489 e. The van der Waals surface area contributed by atoms with Crippen molar-refractivity contribution in [1.82, 2.24) is 29.6 Å². The highest BCUT2D eigenvalue weighted by molar-refractivity contribution is 5.94. The van der Waals surface area contributed by atoms with Gasteiger partial charge in [-0.1, -0.05) is 30.4 Å². The van der Waals surface area contributed by atoms with Crippen LogP contribution in [0.3, 0.4) is 0 Å². The van der Waals surface area contributed by atoms with Crippen molar-refractivity contribution < 1.29 is 19.1 Å². The number of fused-ring (bicyclic) bond motifs is 3. The molecule has 4 heterocycles. The van der Waals surface area contributed by atoms with Crippen LogP contribution in [0, 0.1) is 11.8 Å². The van der Waals surface area contributed by atoms with Crippen molar-refractivity contribution >= 4 is 17.7 Å². The second-order valence-corrected chi connectivity index (χ2v) is 10.5. The summed E-state index contributed by atoms with van der Waals surface area (Å²) in [6, 6.07) is 7.55. The number of likely N-dealkylation sites (N-methyl/N-ethyl adjacent to an activating group) is 1. The normalized spacial score (nSPS) is 22.7. The Morgan fingerprint density at radius 3 is 2.64 bits per heavy atom. The van der Waals surface area contributed by atoms with E-state index >= 15 is 0 Å². The van der Waals surface area contributed by atoms with Gasteiger partial charge in [-0.15, -0.1) is 0 Å². The Balaban J connectivity index is 1.36. The number of hydrogen-bond acceptors (Lipinski definition) is 7. The maximum Gasteiger partial charge on any atom is 0.274 e. The zero-order valence-corrected chi connectivity index (χ0v) is 22.4. The van der Waals surface area contributed by atoms with Crippen LogP contribution in [0.4, 0.5) is 0 Å². The van der Waals surface area contributed by atoms with E-state index in [4.69, 9.17) is 4.74 Å². The van der Waals surface area contributed by atoms with Gasteiger partial charge in [0.1, 0.15) is 24.6 Å². The van der Waals surface area contributed by atoms with E-state index in [2.05, 4.69) is 28.0 Å². The molecule has 39 heavy (non-hydrogen) atoms. The molecule has 10 nitrogen and oxygen atoms in total. The third kappa shape index (κ3) is 6.62. The van der Waals surface area contributed by atoms with E-state index < -0.39 is 0 Å². The van der Waals surface area contributed by atoms with Crippen molar-refractivity contribution in [3.05, 3.63) is 66.3 Å². The van der Waals surface area contributed by atoms with Crippen molar-refractivity contribution in [2.24, 2.45) is 11.8 Å². The molecule has 1 aromatic carbocycles. The molecule has 2 bridgehead atoms. The number of hydrogen-bond donors (Lipinski definition) is 0. The average Bonchev–Trinajstić information content (AvgIpc) is 2.97. The fraction of sp³-hybridized carbons (Fsp3) is 0.483. The highest BCUT2D eigenvalue weighted by Gasteiger charge is 2.34. The number of piperidine rings is 1. The summed E-state index contributed by atoms with van der Waals surface area (Å²) in [4.78, 5) is 55.8. The molecular formula is C29H36N6O4. The standard InChI is InChI=1S/C29H36N6O4/c1-32-12-14-33(15-13-32)27(36)17-22-8-11-34-19-23(22)6-4-16-39-26-7-3-2-5-24(26)20-35(21-28(34)37)29(38)25-18-30-9-10-31-25/h2-7,9-10,18,22-23H,8,11-17,19-21H2,1H3/t22-,23-/m0/s1. The molecule has 2 fully saturated rings. The quantitative estimate of drug-likeness (QED) is 0.555. The maximum atomic E-state index is 13.6. The van der Waals surface area contributed by atoms with Crippen LogP contribution in [-0.4, -0.2) is 107 Å². The fourth-order valence-electron chi connectivity index (χ4n) is 5.52. The zero-order valence-electron chi connectivity index (χ0n) is 22.4. The molecule has 0 saturated carbocycles. The zero-order chi connectivity index (χ0) is 27.2. The maximum absolute atomic E-state index is 13.6. The number of carbonyl (C=O) groups is 3. The summed E-state index contributed by atoms with van der Waals surface area (Å²) in [7, 11) is 2.08. The molecule has 0 N–H and O–H groups in total. The van der Waals surface area contributed by atoms with Gasteiger partial charge >= 0.3 is 0 Å². The van der Waals surface area contributed by atoms with Crippen molar-refractivity contribution in [1.29, 1.82) is 0 Å². The summed E-state index contributed by atoms with van der Waals surface area (Å²) < 4.78 is 6.09. The summed E-state index contributed by atoms with van der Waals surface area (Å²) in [6.45, 7) is 4.87. The van der Waals surface area contributed by atoms with E-state index in [1.807, 2.05) is 40.1 Å². The van der Waals surface area contributed by atoms with Crippen LogP contribution in [0.5, 0.6) is 5.75 Å². The van der Waals surface area contributed by atoms with Gasteiger partial charge in [-0.3, -0.25) is 19.4 Å². The first-order valence-corrected chi connectivity index (χ1v) is 13.6. The second-order valence-electron chi connectivity index (χ2n) is 10.5. The van der Waals surface area contributed by atoms with E-state index in [0.717, 1.165) is 38.2 Å². The number of benzene rings is 1. The van der Waals surface area contributed by atoms with Crippen LogP contribution >= 0.6 is 0 Å². The Kier molecular flexibility index (Phi) is 8.51. The van der Waals surface area contributed by atoms with Gasteiger partial charge in [-0.25, -0.2) is 4.98 Å². The molecule has 2 aromatic rings. The van der Waals surface area contributed by atoms with Gasteiger partial charge in [0.25, 0.3) is 5.91 Å². The number of ether oxygens (including phenoxy) is 1. The van der Waals surface area contributed by atoms with Crippen molar-refractivity contribution in [3.8, 4) is 5.75 Å². The van der Waals surface area contributed by atoms with Gasteiger partial charge in [0, 0.05) is 63.6 Å². The van der Waals surface area contributed by atoms with Crippen molar-refractivity contribution in [3.63, 3.8) is 0 Å². The molecule has 1 aromatic heterocycles. The van der Waals surface area contributed by atoms with Crippen LogP contribution < -0.4 is 4.74 Å². The van der Waals surface area contributed by atoms with Crippen LogP contribution in [0.1, 0.15) is 28.9 Å². The minimum atomic E-state index is -0.358. The lowest BCUT2D eigenvalue weighted by Gasteiger charge is -2.39. The minimum absolute atomic E-state index is 0.0304. The summed E-state index contributed by atoms with van der Waals surface area (Å²) in [5.74, 6) is 0.552. The van der Waals surface area contributed by atoms with Crippen molar-refractivity contribution in [2.45, 2.75) is 19.4 Å². The first-order chi connectivity index (χ1) is 19.0. The second kappa shape index (κ2) is 12.4. The number of carbonyl (C=O) groups excluding carboxylic acids is 3. The van der Waals surface area contributed by atoms with Crippen LogP contribution in [0.2, 0.25) is 0 Å². The highest BCUT2D eigenvalue weighted by Crippen LogP contribution is 2.30. The smallest absolute Gasteiger partial charge is 0.274 e. The Morgan fingerprint density at radius 1 is 1.03 bits per heavy atom. The van der Waals surface area contributed by atoms with Gasteiger partial charge in [0.05, 0.1) is 12.7 Å². The van der Waals surface area contributed by atoms with E-state index in [0.29, 0.717) is 31.9 Å². The lowest BCUT2D eigenvalue weighted by atomic mass is 9.82. The number of nitrogens with zero attached hydrogens (tertiary/aromatic N) is 6. The Morgan fingerprint density at radius 2 is 1.85 bits per heavy atom. The largest absolute Gasteiger partial charge is 0.489 e. The molecule has 5 rings (SSSR count). The molecule has 0 spiro atoms. The fourth-order valence-corrected chi connectivity index (χ4v) is 5.52. The molecule has 10 heteroatoms. The molecule has 3 aliphatic rings. The van der Waals surface area contributed by atoms with Crippen molar-refractivity contribution in [2.75, 3.05) is 59.5 Å². The Bertz CT molecular complexity index is 1200. The van der Waals surface area contributed by atoms with E-state index in [1.54, 1.807) is 0 Å². The molecule has 0 unspecified atom stereocenters. The molecule has 2 atom stereocenters. The first kappa shape index (κ1) is 26.8. The molecular weight excluding hydrogens is 496 g/mol. The lowest BCUT2D eigenvalue weighted by molar-refractivity contribution is -0.136. The summed E-state index contributed by atoms with van der Waals surface area (Å²) in [6.07, 6.45) is 9.70. The number of piperazine rings is 1. The van der Waals surface area contributed by atoms with Gasteiger partial charge in [-0.05, 0) is 31.4 Å². The summed E-state index contributed by atoms with van der Waals surface area (Å²) in [5.41, 5.74) is 0.998. The predicted octanol–water partition coefficient (Wildman–Crippen LogP) is 1.70. The van der Waals surface area contributed by atoms with Crippen LogP contribution in [0.15, 0.2) is 55.0 Å². The third-order valence-electron chi connectivity index (χ3n) is 7.90. The molecule has 206 valence electrons. The topological polar surface area (TPSA) is 99.2 Å². The van der Waals surface area contributed by atoms with Gasteiger partial charge in [-0.2, -0.15) is 0 Å². The highest BCUT2D eigenvalue weighted by atomic mass is 16.5. The molecule has 3 aliphatic heterocycles. The number of aromatic nitrogens is 2.